The number of aryl methyl sites for hydroxylation is 1. The Hall–Kier alpha value is -3.09. The van der Waals surface area contributed by atoms with Crippen molar-refractivity contribution in [1.29, 1.82) is 0 Å². The maximum atomic E-state index is 13.0. The van der Waals surface area contributed by atoms with Crippen molar-refractivity contribution in [2.24, 2.45) is 0 Å². The molecule has 27 heavy (non-hydrogen) atoms. The number of carbonyl (C=O) groups excluding carboxylic acids is 1. The van der Waals surface area contributed by atoms with Gasteiger partial charge in [0, 0.05) is 24.2 Å². The first-order valence-electron chi connectivity index (χ1n) is 9.07. The van der Waals surface area contributed by atoms with E-state index in [1.807, 2.05) is 37.3 Å². The minimum Gasteiger partial charge on any atom is -0.497 e. The zero-order valence-electron chi connectivity index (χ0n) is 15.3. The lowest BCUT2D eigenvalue weighted by atomic mass is 10.1. The average molecular weight is 367 g/mol. The van der Waals surface area contributed by atoms with Crippen LogP contribution in [0.1, 0.15) is 47.7 Å². The molecule has 1 unspecified atom stereocenters. The fourth-order valence-electron chi connectivity index (χ4n) is 3.37. The predicted molar refractivity (Wildman–Crippen MR) is 97.4 cm³/mol. The van der Waals surface area contributed by atoms with E-state index in [1.54, 1.807) is 18.1 Å². The van der Waals surface area contributed by atoms with Gasteiger partial charge in [-0.2, -0.15) is 0 Å². The minimum absolute atomic E-state index is 0.105. The third-order valence-electron chi connectivity index (χ3n) is 4.89. The normalized spacial score (nSPS) is 16.7. The molecule has 0 aliphatic carbocycles. The van der Waals surface area contributed by atoms with Gasteiger partial charge < -0.3 is 18.7 Å². The highest BCUT2D eigenvalue weighted by atomic mass is 16.5. The highest BCUT2D eigenvalue weighted by Gasteiger charge is 2.34. The average Bonchev–Trinajstić information content (AvgIpc) is 3.47. The highest BCUT2D eigenvalue weighted by Crippen LogP contribution is 2.34. The van der Waals surface area contributed by atoms with Crippen LogP contribution >= 0.6 is 0 Å². The van der Waals surface area contributed by atoms with Gasteiger partial charge in [0.1, 0.15) is 5.75 Å². The van der Waals surface area contributed by atoms with Crippen molar-refractivity contribution in [2.75, 3.05) is 13.7 Å². The fourth-order valence-corrected chi connectivity index (χ4v) is 3.37. The molecule has 140 valence electrons. The van der Waals surface area contributed by atoms with Crippen LogP contribution in [-0.4, -0.2) is 34.8 Å². The van der Waals surface area contributed by atoms with E-state index in [9.17, 15) is 4.79 Å². The molecule has 1 aromatic carbocycles. The van der Waals surface area contributed by atoms with Gasteiger partial charge in [-0.3, -0.25) is 4.79 Å². The van der Waals surface area contributed by atoms with Crippen molar-refractivity contribution in [3.8, 4) is 17.1 Å². The predicted octanol–water partition coefficient (Wildman–Crippen LogP) is 3.88. The number of nitrogens with zero attached hydrogens (tertiary/aromatic N) is 3. The number of rotatable bonds is 5. The molecule has 1 aliphatic rings. The first-order valence-corrected chi connectivity index (χ1v) is 9.07. The number of hydrogen-bond donors (Lipinski definition) is 0. The van der Waals surface area contributed by atoms with Gasteiger partial charge in [0.2, 0.25) is 0 Å². The summed E-state index contributed by atoms with van der Waals surface area (Å²) < 4.78 is 16.0. The van der Waals surface area contributed by atoms with Gasteiger partial charge >= 0.3 is 0 Å². The summed E-state index contributed by atoms with van der Waals surface area (Å²) in [5.74, 6) is 1.88. The summed E-state index contributed by atoms with van der Waals surface area (Å²) in [5, 5.41) is 8.03. The molecule has 4 rings (SSSR count). The lowest BCUT2D eigenvalue weighted by molar-refractivity contribution is 0.0704. The number of hydrogen-bond acceptors (Lipinski definition) is 6. The van der Waals surface area contributed by atoms with E-state index < -0.39 is 0 Å². The summed E-state index contributed by atoms with van der Waals surface area (Å²) in [6, 6.07) is 10.9. The summed E-state index contributed by atoms with van der Waals surface area (Å²) in [6.45, 7) is 2.69. The lowest BCUT2D eigenvalue weighted by Gasteiger charge is -2.21. The van der Waals surface area contributed by atoms with Crippen LogP contribution in [0, 0.1) is 0 Å². The van der Waals surface area contributed by atoms with Crippen LogP contribution in [0.2, 0.25) is 0 Å². The number of aromatic nitrogens is 2. The summed E-state index contributed by atoms with van der Waals surface area (Å²) >= 11 is 0. The van der Waals surface area contributed by atoms with E-state index >= 15 is 0 Å². The molecule has 1 atom stereocenters. The third kappa shape index (κ3) is 3.32. The summed E-state index contributed by atoms with van der Waals surface area (Å²) in [6.07, 6.45) is 2.58. The second kappa shape index (κ2) is 7.26. The Morgan fingerprint density at radius 3 is 2.74 bits per heavy atom. The molecule has 1 aliphatic heterocycles. The van der Waals surface area contributed by atoms with Gasteiger partial charge in [0.15, 0.2) is 17.2 Å². The van der Waals surface area contributed by atoms with Crippen LogP contribution in [0.3, 0.4) is 0 Å². The molecule has 0 saturated carbocycles. The quantitative estimate of drug-likeness (QED) is 0.681. The van der Waals surface area contributed by atoms with E-state index in [0.29, 0.717) is 18.0 Å². The third-order valence-corrected chi connectivity index (χ3v) is 4.89. The fraction of sp³-hybridized carbons (Fsp3) is 0.350. The van der Waals surface area contributed by atoms with E-state index in [-0.39, 0.29) is 11.9 Å². The Kier molecular flexibility index (Phi) is 4.66. The second-order valence-electron chi connectivity index (χ2n) is 6.54. The molecular weight excluding hydrogens is 346 g/mol. The Morgan fingerprint density at radius 1 is 1.22 bits per heavy atom. The van der Waals surface area contributed by atoms with Crippen LogP contribution in [0.5, 0.6) is 5.75 Å². The van der Waals surface area contributed by atoms with Crippen molar-refractivity contribution in [2.45, 2.75) is 32.2 Å². The van der Waals surface area contributed by atoms with Crippen LogP contribution < -0.4 is 4.74 Å². The topological polar surface area (TPSA) is 81.6 Å². The molecule has 3 heterocycles. The highest BCUT2D eigenvalue weighted by molar-refractivity contribution is 5.93. The van der Waals surface area contributed by atoms with Gasteiger partial charge in [-0.1, -0.05) is 17.2 Å². The Bertz CT molecular complexity index is 929. The number of benzene rings is 1. The monoisotopic (exact) mass is 367 g/mol. The van der Waals surface area contributed by atoms with Gasteiger partial charge in [0.05, 0.1) is 18.8 Å². The smallest absolute Gasteiger partial charge is 0.276 e. The molecule has 0 spiro atoms. The zero-order valence-corrected chi connectivity index (χ0v) is 15.3. The summed E-state index contributed by atoms with van der Waals surface area (Å²) in [5.41, 5.74) is 2.03. The maximum Gasteiger partial charge on any atom is 0.276 e. The van der Waals surface area contributed by atoms with Crippen molar-refractivity contribution in [3.05, 3.63) is 53.5 Å². The van der Waals surface area contributed by atoms with E-state index in [4.69, 9.17) is 13.8 Å². The van der Waals surface area contributed by atoms with Gasteiger partial charge in [-0.15, -0.1) is 0 Å². The molecule has 0 N–H and O–H groups in total. The molecule has 7 nitrogen and oxygen atoms in total. The van der Waals surface area contributed by atoms with Crippen LogP contribution in [0.15, 0.2) is 45.4 Å². The molecule has 1 amide bonds. The van der Waals surface area contributed by atoms with E-state index in [1.165, 1.54) is 0 Å². The Balaban J connectivity index is 1.54. The number of ether oxygens (including phenoxy) is 1. The first-order chi connectivity index (χ1) is 13.2. The molecule has 3 aromatic rings. The van der Waals surface area contributed by atoms with Crippen LogP contribution in [-0.2, 0) is 6.42 Å². The summed E-state index contributed by atoms with van der Waals surface area (Å²) in [7, 11) is 1.62. The first kappa shape index (κ1) is 17.3. The van der Waals surface area contributed by atoms with Gasteiger partial charge in [-0.25, -0.2) is 0 Å². The molecule has 0 radical (unpaired) electrons. The summed E-state index contributed by atoms with van der Waals surface area (Å²) in [4.78, 5) is 14.8. The van der Waals surface area contributed by atoms with Crippen molar-refractivity contribution in [3.63, 3.8) is 0 Å². The van der Waals surface area contributed by atoms with Crippen molar-refractivity contribution < 1.29 is 18.6 Å². The van der Waals surface area contributed by atoms with Gasteiger partial charge in [0.25, 0.3) is 5.91 Å². The second-order valence-corrected chi connectivity index (χ2v) is 6.54. The SMILES string of the molecule is CCc1cc(C2CCCN2C(=O)c2cc(-c3ccc(OC)cc3)on2)on1. The number of methoxy groups -OCH3 is 1. The van der Waals surface area contributed by atoms with Crippen LogP contribution in [0.4, 0.5) is 0 Å². The standard InChI is InChI=1S/C20H21N3O4/c1-3-14-11-19(27-21-14)17-5-4-10-23(17)20(24)16-12-18(26-22-16)13-6-8-15(25-2)9-7-13/h6-9,11-12,17H,3-5,10H2,1-2H3. The molecule has 0 bridgehead atoms. The molecule has 2 aromatic heterocycles. The Labute approximate surface area is 156 Å². The number of amides is 1. The minimum atomic E-state index is -0.157. The number of likely N-dealkylation sites (tertiary alicyclic amines) is 1. The van der Waals surface area contributed by atoms with Crippen molar-refractivity contribution in [1.82, 2.24) is 15.2 Å². The molecule has 1 saturated heterocycles. The molecular formula is C20H21N3O4. The lowest BCUT2D eigenvalue weighted by Crippen LogP contribution is -2.30. The van der Waals surface area contributed by atoms with Gasteiger partial charge in [-0.05, 0) is 43.5 Å². The van der Waals surface area contributed by atoms with Crippen molar-refractivity contribution >= 4 is 5.91 Å². The van der Waals surface area contributed by atoms with E-state index in [2.05, 4.69) is 10.3 Å². The number of carbonyl (C=O) groups is 1. The zero-order chi connectivity index (χ0) is 18.8. The van der Waals surface area contributed by atoms with E-state index in [0.717, 1.165) is 42.0 Å². The maximum absolute atomic E-state index is 13.0. The Morgan fingerprint density at radius 2 is 2.04 bits per heavy atom. The molecule has 7 heteroatoms. The van der Waals surface area contributed by atoms with Crippen LogP contribution in [0.25, 0.3) is 11.3 Å². The largest absolute Gasteiger partial charge is 0.497 e. The molecule has 1 fully saturated rings.